The summed E-state index contributed by atoms with van der Waals surface area (Å²) in [5.74, 6) is -0.653. The summed E-state index contributed by atoms with van der Waals surface area (Å²) < 4.78 is 5.81. The molecule has 0 saturated heterocycles. The van der Waals surface area contributed by atoms with E-state index in [0.717, 1.165) is 51.4 Å². The fraction of sp³-hybridized carbons (Fsp3) is 0.560. The van der Waals surface area contributed by atoms with Crippen molar-refractivity contribution in [1.29, 1.82) is 0 Å². The number of aliphatic hydroxyl groups is 2. The molecule has 0 heterocycles. The van der Waals surface area contributed by atoms with Crippen molar-refractivity contribution in [3.63, 3.8) is 0 Å². The first-order valence-electron chi connectivity index (χ1n) is 21.9. The Hall–Kier alpha value is -3.74. The van der Waals surface area contributed by atoms with Crippen LogP contribution in [0.2, 0.25) is 0 Å². The molecule has 0 saturated carbocycles. The third-order valence-electron chi connectivity index (χ3n) is 9.04. The number of nitrogens with one attached hydrogen (secondary N) is 1. The van der Waals surface area contributed by atoms with E-state index in [-0.39, 0.29) is 31.3 Å². The summed E-state index contributed by atoms with van der Waals surface area (Å²) in [7, 11) is 0. The zero-order chi connectivity index (χ0) is 41.0. The van der Waals surface area contributed by atoms with E-state index in [0.29, 0.717) is 19.3 Å². The zero-order valence-electron chi connectivity index (χ0n) is 35.5. The predicted molar refractivity (Wildman–Crippen MR) is 240 cm³/mol. The van der Waals surface area contributed by atoms with E-state index in [2.05, 4.69) is 44.3 Å². The van der Waals surface area contributed by atoms with Gasteiger partial charge in [0.2, 0.25) is 5.91 Å². The van der Waals surface area contributed by atoms with Gasteiger partial charge in [-0.15, -0.1) is 0 Å². The predicted octanol–water partition coefficient (Wildman–Crippen LogP) is 12.5. The number of hydrogen-bond acceptors (Lipinski definition) is 5. The smallest absolute Gasteiger partial charge is 0.306 e. The molecule has 0 aliphatic rings. The molecular weight excluding hydrogens is 695 g/mol. The minimum Gasteiger partial charge on any atom is -0.462 e. The largest absolute Gasteiger partial charge is 0.462 e. The van der Waals surface area contributed by atoms with Crippen molar-refractivity contribution >= 4 is 11.9 Å². The molecule has 3 atom stereocenters. The number of amides is 1. The van der Waals surface area contributed by atoms with Crippen molar-refractivity contribution in [3.05, 3.63) is 122 Å². The van der Waals surface area contributed by atoms with Gasteiger partial charge in [0, 0.05) is 6.42 Å². The maximum atomic E-state index is 13.1. The molecule has 0 spiro atoms. The number of hydrogen-bond donors (Lipinski definition) is 3. The van der Waals surface area contributed by atoms with Crippen LogP contribution in [0.15, 0.2) is 122 Å². The summed E-state index contributed by atoms with van der Waals surface area (Å²) >= 11 is 0. The van der Waals surface area contributed by atoms with Gasteiger partial charge in [-0.25, -0.2) is 0 Å². The molecule has 314 valence electrons. The summed E-state index contributed by atoms with van der Waals surface area (Å²) in [4.78, 5) is 25.9. The summed E-state index contributed by atoms with van der Waals surface area (Å²) in [6.07, 6.45) is 58.3. The quantitative estimate of drug-likeness (QED) is 0.0335. The molecule has 0 aromatic carbocycles. The lowest BCUT2D eigenvalue weighted by Crippen LogP contribution is -2.46. The molecule has 3 unspecified atom stereocenters. The van der Waals surface area contributed by atoms with Crippen molar-refractivity contribution in [1.82, 2.24) is 5.32 Å². The highest BCUT2D eigenvalue weighted by molar-refractivity contribution is 5.77. The molecule has 0 fully saturated rings. The van der Waals surface area contributed by atoms with E-state index in [1.165, 1.54) is 51.4 Å². The first kappa shape index (κ1) is 52.3. The number of allylic oxidation sites excluding steroid dienone is 20. The summed E-state index contributed by atoms with van der Waals surface area (Å²) in [6, 6.07) is -0.746. The van der Waals surface area contributed by atoms with Gasteiger partial charge in [-0.1, -0.05) is 213 Å². The van der Waals surface area contributed by atoms with Crippen LogP contribution in [-0.2, 0) is 14.3 Å². The Morgan fingerprint density at radius 1 is 0.536 bits per heavy atom. The second-order valence-corrected chi connectivity index (χ2v) is 14.2. The molecular formula is C50H79NO5. The second-order valence-electron chi connectivity index (χ2n) is 14.2. The van der Waals surface area contributed by atoms with Gasteiger partial charge in [-0.3, -0.25) is 9.59 Å². The lowest BCUT2D eigenvalue weighted by Gasteiger charge is -2.24. The van der Waals surface area contributed by atoms with Crippen LogP contribution in [0, 0.1) is 0 Å². The van der Waals surface area contributed by atoms with Crippen LogP contribution < -0.4 is 5.32 Å². The highest BCUT2D eigenvalue weighted by Crippen LogP contribution is 2.15. The van der Waals surface area contributed by atoms with Gasteiger partial charge in [0.05, 0.1) is 25.2 Å². The number of carbonyl (C=O) groups excluding carboxylic acids is 2. The minimum absolute atomic E-state index is 0.00886. The van der Waals surface area contributed by atoms with Crippen molar-refractivity contribution in [2.75, 3.05) is 6.61 Å². The molecule has 6 heteroatoms. The molecule has 0 radical (unpaired) electrons. The van der Waals surface area contributed by atoms with Crippen LogP contribution in [0.5, 0.6) is 0 Å². The van der Waals surface area contributed by atoms with E-state index in [9.17, 15) is 19.8 Å². The van der Waals surface area contributed by atoms with E-state index in [1.54, 1.807) is 0 Å². The molecule has 0 bridgehead atoms. The number of ether oxygens (including phenoxy) is 1. The Balaban J connectivity index is 4.90. The molecule has 0 aliphatic carbocycles. The topological polar surface area (TPSA) is 95.9 Å². The lowest BCUT2D eigenvalue weighted by atomic mass is 10.0. The number of unbranched alkanes of at least 4 members (excludes halogenated alkanes) is 12. The van der Waals surface area contributed by atoms with E-state index < -0.39 is 18.2 Å². The zero-order valence-corrected chi connectivity index (χ0v) is 35.5. The molecule has 1 amide bonds. The van der Waals surface area contributed by atoms with Crippen LogP contribution in [0.1, 0.15) is 156 Å². The Bertz CT molecular complexity index is 1230. The second kappa shape index (κ2) is 42.4. The van der Waals surface area contributed by atoms with Gasteiger partial charge in [-0.2, -0.15) is 0 Å². The van der Waals surface area contributed by atoms with E-state index >= 15 is 0 Å². The molecule has 0 rings (SSSR count). The van der Waals surface area contributed by atoms with Gasteiger partial charge in [0.15, 0.2) is 0 Å². The van der Waals surface area contributed by atoms with E-state index in [4.69, 9.17) is 4.74 Å². The molecule has 56 heavy (non-hydrogen) atoms. The monoisotopic (exact) mass is 774 g/mol. The fourth-order valence-corrected chi connectivity index (χ4v) is 5.78. The maximum absolute atomic E-state index is 13.1. The molecule has 3 N–H and O–H groups in total. The molecule has 0 aliphatic heterocycles. The van der Waals surface area contributed by atoms with Crippen LogP contribution in [-0.4, -0.2) is 46.9 Å². The fourth-order valence-electron chi connectivity index (χ4n) is 5.78. The van der Waals surface area contributed by atoms with Crippen LogP contribution in [0.25, 0.3) is 0 Å². The first-order chi connectivity index (χ1) is 27.5. The Kier molecular flexibility index (Phi) is 39.6. The highest BCUT2D eigenvalue weighted by atomic mass is 16.5. The Morgan fingerprint density at radius 3 is 1.43 bits per heavy atom. The lowest BCUT2D eigenvalue weighted by molar-refractivity contribution is -0.151. The molecule has 0 aromatic rings. The van der Waals surface area contributed by atoms with Crippen molar-refractivity contribution in [3.8, 4) is 0 Å². The third kappa shape index (κ3) is 37.2. The average molecular weight is 774 g/mol. The number of esters is 1. The average Bonchev–Trinajstić information content (AvgIpc) is 3.19. The van der Waals surface area contributed by atoms with Crippen LogP contribution in [0.3, 0.4) is 0 Å². The molecule has 0 aromatic heterocycles. The van der Waals surface area contributed by atoms with Gasteiger partial charge in [-0.05, 0) is 51.4 Å². The van der Waals surface area contributed by atoms with Crippen LogP contribution >= 0.6 is 0 Å². The number of rotatable bonds is 36. The molecule has 6 nitrogen and oxygen atoms in total. The number of carbonyl (C=O) groups is 2. The Morgan fingerprint density at radius 2 is 0.964 bits per heavy atom. The SMILES string of the molecule is CC/C=C/C=C/C=C\C=C/C=C/CCCC(=O)OC(CCC/C=C/C=C\C=C/C=C/C=C/CC)CC(=O)NC(CO)C(O)CCCCCCCCCCCCC. The minimum atomic E-state index is -0.825. The van der Waals surface area contributed by atoms with E-state index in [1.807, 2.05) is 103 Å². The van der Waals surface area contributed by atoms with Crippen molar-refractivity contribution < 1.29 is 24.5 Å². The van der Waals surface area contributed by atoms with Gasteiger partial charge in [0.1, 0.15) is 6.10 Å². The normalized spacial score (nSPS) is 14.6. The number of aliphatic hydroxyl groups excluding tert-OH is 2. The van der Waals surface area contributed by atoms with Gasteiger partial charge in [0.25, 0.3) is 0 Å². The maximum Gasteiger partial charge on any atom is 0.306 e. The Labute approximate surface area is 342 Å². The summed E-state index contributed by atoms with van der Waals surface area (Å²) in [5.41, 5.74) is 0. The van der Waals surface area contributed by atoms with Crippen molar-refractivity contribution in [2.24, 2.45) is 0 Å². The third-order valence-corrected chi connectivity index (χ3v) is 9.04. The summed E-state index contributed by atoms with van der Waals surface area (Å²) in [6.45, 7) is 6.11. The first-order valence-corrected chi connectivity index (χ1v) is 21.9. The van der Waals surface area contributed by atoms with Crippen molar-refractivity contribution in [2.45, 2.75) is 174 Å². The highest BCUT2D eigenvalue weighted by Gasteiger charge is 2.23. The van der Waals surface area contributed by atoms with Gasteiger partial charge < -0.3 is 20.3 Å². The standard InChI is InChI=1S/C50H79NO5/c1-4-7-10-13-16-19-22-24-27-29-32-35-38-41-46(56-50(55)43-40-37-34-31-28-25-23-20-17-14-11-8-5-2)44-49(54)51-47(45-52)48(53)42-39-36-33-30-26-21-18-15-12-9-6-3/h7-8,10-11,13-14,16-17,19-20,22-25,27-29,31-32,34,46-48,52-53H,4-6,9,12,15,18,21,26,30,33,35-45H2,1-3H3,(H,51,54)/b10-7+,11-8+,16-13+,17-14+,22-19-,23-20-,27-24-,28-25-,32-29+,34-31+. The van der Waals surface area contributed by atoms with Gasteiger partial charge >= 0.3 is 5.97 Å². The summed E-state index contributed by atoms with van der Waals surface area (Å²) in [5, 5.41) is 23.6. The van der Waals surface area contributed by atoms with Crippen LogP contribution in [0.4, 0.5) is 0 Å².